The van der Waals surface area contributed by atoms with Crippen molar-refractivity contribution in [3.8, 4) is 0 Å². The van der Waals surface area contributed by atoms with E-state index in [-0.39, 0.29) is 12.3 Å². The lowest BCUT2D eigenvalue weighted by Gasteiger charge is -2.20. The van der Waals surface area contributed by atoms with Gasteiger partial charge < -0.3 is 15.2 Å². The standard InChI is InChI=1S/C10H11N3O3/c1-2-16-10(15)7-9(14)13-8-6(12-7)4-3-5-11-8/h3-5,9,14H,2H2,1H3,(H,11,13). The van der Waals surface area contributed by atoms with Crippen LogP contribution in [0.25, 0.3) is 0 Å². The molecule has 1 aliphatic heterocycles. The summed E-state index contributed by atoms with van der Waals surface area (Å²) in [6.45, 7) is 1.93. The number of esters is 1. The zero-order valence-electron chi connectivity index (χ0n) is 8.67. The third kappa shape index (κ3) is 1.87. The molecule has 0 amide bonds. The van der Waals surface area contributed by atoms with E-state index in [1.54, 1.807) is 25.3 Å². The molecule has 0 spiro atoms. The summed E-state index contributed by atoms with van der Waals surface area (Å²) < 4.78 is 4.78. The molecule has 16 heavy (non-hydrogen) atoms. The Kier molecular flexibility index (Phi) is 2.82. The van der Waals surface area contributed by atoms with Crippen molar-refractivity contribution in [2.24, 2.45) is 4.99 Å². The van der Waals surface area contributed by atoms with Crippen LogP contribution in [-0.4, -0.2) is 34.6 Å². The van der Waals surface area contributed by atoms with Crippen molar-refractivity contribution < 1.29 is 14.6 Å². The minimum atomic E-state index is -1.18. The predicted molar refractivity (Wildman–Crippen MR) is 57.6 cm³/mol. The normalized spacial score (nSPS) is 18.1. The summed E-state index contributed by atoms with van der Waals surface area (Å²) in [4.78, 5) is 19.4. The molecular formula is C10H11N3O3. The first-order valence-corrected chi connectivity index (χ1v) is 4.87. The number of aliphatic hydroxyl groups excluding tert-OH is 1. The quantitative estimate of drug-likeness (QED) is 0.709. The number of pyridine rings is 1. The van der Waals surface area contributed by atoms with Gasteiger partial charge >= 0.3 is 5.97 Å². The number of hydrogen-bond acceptors (Lipinski definition) is 6. The molecule has 2 rings (SSSR count). The number of aliphatic imine (C=N–C) groups is 1. The van der Waals surface area contributed by atoms with Crippen molar-refractivity contribution in [2.75, 3.05) is 11.9 Å². The monoisotopic (exact) mass is 221 g/mol. The molecule has 1 aromatic rings. The van der Waals surface area contributed by atoms with E-state index < -0.39 is 12.2 Å². The summed E-state index contributed by atoms with van der Waals surface area (Å²) in [5.74, 6) is -0.181. The first kappa shape index (κ1) is 10.6. The van der Waals surface area contributed by atoms with Crippen LogP contribution in [-0.2, 0) is 9.53 Å². The number of aromatic nitrogens is 1. The fourth-order valence-corrected chi connectivity index (χ4v) is 1.35. The molecule has 84 valence electrons. The van der Waals surface area contributed by atoms with E-state index in [0.717, 1.165) is 0 Å². The maximum atomic E-state index is 11.4. The Balaban J connectivity index is 2.33. The van der Waals surface area contributed by atoms with Gasteiger partial charge in [-0.1, -0.05) is 0 Å². The number of carbonyl (C=O) groups is 1. The van der Waals surface area contributed by atoms with Crippen LogP contribution in [0.3, 0.4) is 0 Å². The van der Waals surface area contributed by atoms with Crippen molar-refractivity contribution >= 4 is 23.2 Å². The van der Waals surface area contributed by atoms with Gasteiger partial charge in [-0.25, -0.2) is 14.8 Å². The number of anilines is 1. The highest BCUT2D eigenvalue weighted by molar-refractivity contribution is 6.39. The van der Waals surface area contributed by atoms with Gasteiger partial charge in [0.25, 0.3) is 0 Å². The smallest absolute Gasteiger partial charge is 0.357 e. The van der Waals surface area contributed by atoms with Crippen LogP contribution in [0.2, 0.25) is 0 Å². The van der Waals surface area contributed by atoms with E-state index in [0.29, 0.717) is 11.5 Å². The lowest BCUT2D eigenvalue weighted by molar-refractivity contribution is -0.135. The van der Waals surface area contributed by atoms with Gasteiger partial charge in [0.1, 0.15) is 5.69 Å². The number of aliphatic hydroxyl groups is 1. The predicted octanol–water partition coefficient (Wildman–Crippen LogP) is 0.461. The number of ether oxygens (including phenoxy) is 1. The Labute approximate surface area is 92.0 Å². The Morgan fingerprint density at radius 3 is 3.25 bits per heavy atom. The van der Waals surface area contributed by atoms with Crippen LogP contribution in [0.15, 0.2) is 23.3 Å². The average Bonchev–Trinajstić information content (AvgIpc) is 2.28. The Morgan fingerprint density at radius 2 is 2.50 bits per heavy atom. The molecule has 0 saturated carbocycles. The first-order valence-electron chi connectivity index (χ1n) is 4.87. The Bertz CT molecular complexity index is 445. The van der Waals surface area contributed by atoms with Gasteiger partial charge in [-0.05, 0) is 19.1 Å². The molecular weight excluding hydrogens is 210 g/mol. The maximum absolute atomic E-state index is 11.4. The summed E-state index contributed by atoms with van der Waals surface area (Å²) >= 11 is 0. The SMILES string of the molecule is CCOC(=O)C1=Nc2cccnc2NC1O. The third-order valence-corrected chi connectivity index (χ3v) is 2.04. The second kappa shape index (κ2) is 4.28. The van der Waals surface area contributed by atoms with Crippen molar-refractivity contribution in [3.63, 3.8) is 0 Å². The molecule has 0 radical (unpaired) electrons. The number of rotatable bonds is 2. The summed E-state index contributed by atoms with van der Waals surface area (Å²) in [5, 5.41) is 12.3. The average molecular weight is 221 g/mol. The highest BCUT2D eigenvalue weighted by Gasteiger charge is 2.27. The summed E-state index contributed by atoms with van der Waals surface area (Å²) in [6.07, 6.45) is 0.394. The Morgan fingerprint density at radius 1 is 1.69 bits per heavy atom. The summed E-state index contributed by atoms with van der Waals surface area (Å²) in [6, 6.07) is 3.39. The van der Waals surface area contributed by atoms with E-state index in [4.69, 9.17) is 4.74 Å². The molecule has 0 aliphatic carbocycles. The van der Waals surface area contributed by atoms with Gasteiger partial charge in [0.2, 0.25) is 0 Å². The largest absolute Gasteiger partial charge is 0.461 e. The molecule has 1 unspecified atom stereocenters. The molecule has 0 saturated heterocycles. The molecule has 1 atom stereocenters. The van der Waals surface area contributed by atoms with Crippen LogP contribution < -0.4 is 5.32 Å². The van der Waals surface area contributed by atoms with Crippen LogP contribution in [0, 0.1) is 0 Å². The third-order valence-electron chi connectivity index (χ3n) is 2.04. The van der Waals surface area contributed by atoms with Gasteiger partial charge in [0.15, 0.2) is 17.8 Å². The van der Waals surface area contributed by atoms with Crippen molar-refractivity contribution in [2.45, 2.75) is 13.2 Å². The van der Waals surface area contributed by atoms with E-state index >= 15 is 0 Å². The molecule has 0 aromatic carbocycles. The number of nitrogens with zero attached hydrogens (tertiary/aromatic N) is 2. The number of carbonyl (C=O) groups excluding carboxylic acids is 1. The highest BCUT2D eigenvalue weighted by atomic mass is 16.5. The van der Waals surface area contributed by atoms with E-state index in [1.807, 2.05) is 0 Å². The second-order valence-corrected chi connectivity index (χ2v) is 3.14. The molecule has 1 aromatic heterocycles. The molecule has 2 N–H and O–H groups in total. The second-order valence-electron chi connectivity index (χ2n) is 3.14. The zero-order valence-corrected chi connectivity index (χ0v) is 8.67. The fraction of sp³-hybridized carbons (Fsp3) is 0.300. The van der Waals surface area contributed by atoms with E-state index in [1.165, 1.54) is 0 Å². The van der Waals surface area contributed by atoms with Crippen molar-refractivity contribution in [1.82, 2.24) is 4.98 Å². The van der Waals surface area contributed by atoms with Gasteiger partial charge in [0, 0.05) is 6.20 Å². The molecule has 6 heteroatoms. The van der Waals surface area contributed by atoms with Crippen LogP contribution >= 0.6 is 0 Å². The van der Waals surface area contributed by atoms with Gasteiger partial charge in [-0.3, -0.25) is 0 Å². The number of fused-ring (bicyclic) bond motifs is 1. The number of nitrogens with one attached hydrogen (secondary N) is 1. The lowest BCUT2D eigenvalue weighted by atomic mass is 10.2. The van der Waals surface area contributed by atoms with Crippen LogP contribution in [0.5, 0.6) is 0 Å². The first-order chi connectivity index (χ1) is 7.72. The van der Waals surface area contributed by atoms with Crippen molar-refractivity contribution in [3.05, 3.63) is 18.3 Å². The summed E-state index contributed by atoms with van der Waals surface area (Å²) in [7, 11) is 0. The molecule has 0 fully saturated rings. The van der Waals surface area contributed by atoms with Gasteiger partial charge in [-0.15, -0.1) is 0 Å². The van der Waals surface area contributed by atoms with Crippen molar-refractivity contribution in [1.29, 1.82) is 0 Å². The molecule has 0 bridgehead atoms. The number of hydrogen-bond donors (Lipinski definition) is 2. The van der Waals surface area contributed by atoms with Crippen LogP contribution in [0.1, 0.15) is 6.92 Å². The minimum absolute atomic E-state index is 0.0534. The maximum Gasteiger partial charge on any atom is 0.357 e. The van der Waals surface area contributed by atoms with Gasteiger partial charge in [0.05, 0.1) is 6.61 Å². The topological polar surface area (TPSA) is 83.8 Å². The fourth-order valence-electron chi connectivity index (χ4n) is 1.35. The Hall–Kier alpha value is -1.95. The van der Waals surface area contributed by atoms with E-state index in [2.05, 4.69) is 15.3 Å². The molecule has 1 aliphatic rings. The molecule has 6 nitrogen and oxygen atoms in total. The minimum Gasteiger partial charge on any atom is -0.461 e. The lowest BCUT2D eigenvalue weighted by Crippen LogP contribution is -2.38. The summed E-state index contributed by atoms with van der Waals surface area (Å²) in [5.41, 5.74) is 0.457. The van der Waals surface area contributed by atoms with E-state index in [9.17, 15) is 9.90 Å². The zero-order chi connectivity index (χ0) is 11.5. The van der Waals surface area contributed by atoms with Crippen LogP contribution in [0.4, 0.5) is 11.5 Å². The molecule has 2 heterocycles. The van der Waals surface area contributed by atoms with Gasteiger partial charge in [-0.2, -0.15) is 0 Å². The highest BCUT2D eigenvalue weighted by Crippen LogP contribution is 2.26.